The maximum Gasteiger partial charge on any atom is 0.226 e. The van der Waals surface area contributed by atoms with Gasteiger partial charge in [-0.25, -0.2) is 0 Å². The van der Waals surface area contributed by atoms with Gasteiger partial charge in [0.05, 0.1) is 7.11 Å². The Kier molecular flexibility index (Phi) is 4.72. The smallest absolute Gasteiger partial charge is 0.226 e. The molecule has 3 aliphatic rings. The second-order valence-corrected chi connectivity index (χ2v) is 7.87. The minimum absolute atomic E-state index is 0.192. The van der Waals surface area contributed by atoms with Gasteiger partial charge >= 0.3 is 0 Å². The first kappa shape index (κ1) is 16.9. The van der Waals surface area contributed by atoms with Crippen LogP contribution in [0.3, 0.4) is 0 Å². The molecule has 4 nitrogen and oxygen atoms in total. The van der Waals surface area contributed by atoms with Crippen molar-refractivity contribution in [3.8, 4) is 5.75 Å². The molecule has 3 fully saturated rings. The summed E-state index contributed by atoms with van der Waals surface area (Å²) in [6.45, 7) is 5.64. The zero-order valence-corrected chi connectivity index (χ0v) is 15.5. The number of likely N-dealkylation sites (tertiary alicyclic amines) is 1. The molecule has 4 heteroatoms. The molecule has 1 aromatic rings. The lowest BCUT2D eigenvalue weighted by Crippen LogP contribution is -2.49. The van der Waals surface area contributed by atoms with Gasteiger partial charge in [0.25, 0.3) is 0 Å². The van der Waals surface area contributed by atoms with Crippen LogP contribution < -0.4 is 4.74 Å². The predicted molar refractivity (Wildman–Crippen MR) is 98.8 cm³/mol. The monoisotopic (exact) mass is 342 g/mol. The number of carbonyl (C=O) groups is 1. The number of amides is 1. The van der Waals surface area contributed by atoms with Gasteiger partial charge in [-0.05, 0) is 62.3 Å². The summed E-state index contributed by atoms with van der Waals surface area (Å²) in [6.07, 6.45) is 5.70. The van der Waals surface area contributed by atoms with Gasteiger partial charge in [-0.3, -0.25) is 4.79 Å². The van der Waals surface area contributed by atoms with Crippen LogP contribution in [0.1, 0.15) is 50.5 Å². The van der Waals surface area contributed by atoms with E-state index in [1.807, 2.05) is 12.1 Å². The Morgan fingerprint density at radius 2 is 1.92 bits per heavy atom. The van der Waals surface area contributed by atoms with Crippen LogP contribution in [-0.2, 0) is 4.79 Å². The highest BCUT2D eigenvalue weighted by Gasteiger charge is 2.50. The molecular formula is C21H30N2O2. The first-order valence-corrected chi connectivity index (χ1v) is 9.89. The third-order valence-corrected chi connectivity index (χ3v) is 6.22. The Bertz CT molecular complexity index is 620. The molecular weight excluding hydrogens is 312 g/mol. The molecule has 1 aliphatic heterocycles. The van der Waals surface area contributed by atoms with Crippen molar-refractivity contribution in [2.45, 2.75) is 57.0 Å². The van der Waals surface area contributed by atoms with Crippen molar-refractivity contribution in [3.05, 3.63) is 29.8 Å². The number of ether oxygens (including phenoxy) is 1. The van der Waals surface area contributed by atoms with E-state index in [4.69, 9.17) is 4.74 Å². The number of nitrogens with zero attached hydrogens (tertiary/aromatic N) is 2. The summed E-state index contributed by atoms with van der Waals surface area (Å²) in [7, 11) is 1.70. The standard InChI is InChI=1S/C21H30N2O2/c1-3-22-11-9-17(10-12-22)23(16-7-8-16)21(24)20-14-19(20)15-5-4-6-18(13-15)25-2/h4-6,13,16-17,19-20H,3,7-12,14H2,1-2H3. The van der Waals surface area contributed by atoms with Gasteiger partial charge in [0.1, 0.15) is 5.75 Å². The molecule has 0 bridgehead atoms. The van der Waals surface area contributed by atoms with Crippen LogP contribution in [0.5, 0.6) is 5.75 Å². The van der Waals surface area contributed by atoms with Crippen molar-refractivity contribution in [1.29, 1.82) is 0 Å². The SMILES string of the molecule is CCN1CCC(N(C(=O)C2CC2c2cccc(OC)c2)C2CC2)CC1. The molecule has 1 saturated heterocycles. The Morgan fingerprint density at radius 3 is 2.56 bits per heavy atom. The van der Waals surface area contributed by atoms with Gasteiger partial charge in [0.2, 0.25) is 5.91 Å². The quantitative estimate of drug-likeness (QED) is 0.795. The summed E-state index contributed by atoms with van der Waals surface area (Å²) in [5.41, 5.74) is 1.26. The van der Waals surface area contributed by atoms with E-state index >= 15 is 0 Å². The van der Waals surface area contributed by atoms with Crippen LogP contribution in [0.25, 0.3) is 0 Å². The number of benzene rings is 1. The normalized spacial score (nSPS) is 27.1. The fourth-order valence-corrected chi connectivity index (χ4v) is 4.42. The number of rotatable bonds is 6. The lowest BCUT2D eigenvalue weighted by Gasteiger charge is -2.38. The van der Waals surface area contributed by atoms with Crippen molar-refractivity contribution in [2.75, 3.05) is 26.7 Å². The molecule has 1 heterocycles. The molecule has 0 spiro atoms. The maximum atomic E-state index is 13.3. The zero-order valence-electron chi connectivity index (χ0n) is 15.5. The van der Waals surface area contributed by atoms with E-state index in [9.17, 15) is 4.79 Å². The second kappa shape index (κ2) is 6.99. The van der Waals surface area contributed by atoms with Gasteiger partial charge in [0.15, 0.2) is 0 Å². The van der Waals surface area contributed by atoms with E-state index in [1.165, 1.54) is 18.4 Å². The fourth-order valence-electron chi connectivity index (χ4n) is 4.42. The van der Waals surface area contributed by atoms with Crippen molar-refractivity contribution in [2.24, 2.45) is 5.92 Å². The fraction of sp³-hybridized carbons (Fsp3) is 0.667. The molecule has 2 unspecified atom stereocenters. The first-order chi connectivity index (χ1) is 12.2. The van der Waals surface area contributed by atoms with E-state index in [2.05, 4.69) is 28.9 Å². The van der Waals surface area contributed by atoms with Crippen LogP contribution in [0.4, 0.5) is 0 Å². The average molecular weight is 342 g/mol. The van der Waals surface area contributed by atoms with Crippen LogP contribution in [0, 0.1) is 5.92 Å². The predicted octanol–water partition coefficient (Wildman–Crippen LogP) is 3.27. The number of hydrogen-bond donors (Lipinski definition) is 0. The van der Waals surface area contributed by atoms with Crippen molar-refractivity contribution in [3.63, 3.8) is 0 Å². The summed E-state index contributed by atoms with van der Waals surface area (Å²) < 4.78 is 5.34. The summed E-state index contributed by atoms with van der Waals surface area (Å²) >= 11 is 0. The third kappa shape index (κ3) is 3.55. The molecule has 0 radical (unpaired) electrons. The molecule has 1 amide bonds. The van der Waals surface area contributed by atoms with E-state index in [0.717, 1.165) is 44.6 Å². The molecule has 2 aliphatic carbocycles. The maximum absolute atomic E-state index is 13.3. The highest BCUT2D eigenvalue weighted by Crippen LogP contribution is 2.50. The van der Waals surface area contributed by atoms with E-state index in [1.54, 1.807) is 7.11 Å². The second-order valence-electron chi connectivity index (χ2n) is 7.87. The van der Waals surface area contributed by atoms with Gasteiger partial charge in [-0.15, -0.1) is 0 Å². The highest BCUT2D eigenvalue weighted by atomic mass is 16.5. The van der Waals surface area contributed by atoms with E-state index in [0.29, 0.717) is 23.9 Å². The molecule has 4 rings (SSSR count). The summed E-state index contributed by atoms with van der Waals surface area (Å²) in [4.78, 5) is 18.1. The van der Waals surface area contributed by atoms with Gasteiger partial charge in [-0.1, -0.05) is 19.1 Å². The molecule has 2 atom stereocenters. The van der Waals surface area contributed by atoms with Crippen molar-refractivity contribution < 1.29 is 9.53 Å². The van der Waals surface area contributed by atoms with Crippen LogP contribution >= 0.6 is 0 Å². The lowest BCUT2D eigenvalue weighted by atomic mass is 10.0. The summed E-state index contributed by atoms with van der Waals surface area (Å²) in [6, 6.07) is 9.24. The van der Waals surface area contributed by atoms with Gasteiger partial charge in [-0.2, -0.15) is 0 Å². The van der Waals surface area contributed by atoms with Crippen LogP contribution in [-0.4, -0.2) is 54.5 Å². The molecule has 2 saturated carbocycles. The molecule has 25 heavy (non-hydrogen) atoms. The minimum atomic E-state index is 0.192. The van der Waals surface area contributed by atoms with E-state index < -0.39 is 0 Å². The number of piperidine rings is 1. The van der Waals surface area contributed by atoms with E-state index in [-0.39, 0.29) is 5.92 Å². The molecule has 136 valence electrons. The molecule has 0 N–H and O–H groups in total. The Hall–Kier alpha value is -1.55. The van der Waals surface area contributed by atoms with Gasteiger partial charge < -0.3 is 14.5 Å². The lowest BCUT2D eigenvalue weighted by molar-refractivity contribution is -0.136. The third-order valence-electron chi connectivity index (χ3n) is 6.22. The zero-order chi connectivity index (χ0) is 17.4. The Balaban J connectivity index is 1.42. The largest absolute Gasteiger partial charge is 0.497 e. The minimum Gasteiger partial charge on any atom is -0.497 e. The van der Waals surface area contributed by atoms with Crippen molar-refractivity contribution in [1.82, 2.24) is 9.80 Å². The van der Waals surface area contributed by atoms with Gasteiger partial charge in [0, 0.05) is 31.1 Å². The Morgan fingerprint density at radius 1 is 1.20 bits per heavy atom. The number of carbonyl (C=O) groups excluding carboxylic acids is 1. The average Bonchev–Trinajstić information content (AvgIpc) is 3.56. The van der Waals surface area contributed by atoms with Crippen LogP contribution in [0.15, 0.2) is 24.3 Å². The summed E-state index contributed by atoms with van der Waals surface area (Å²) in [5.74, 6) is 1.89. The highest BCUT2D eigenvalue weighted by molar-refractivity contribution is 5.84. The molecule has 0 aromatic heterocycles. The first-order valence-electron chi connectivity index (χ1n) is 9.89. The van der Waals surface area contributed by atoms with Crippen molar-refractivity contribution >= 4 is 5.91 Å². The topological polar surface area (TPSA) is 32.8 Å². The number of hydrogen-bond acceptors (Lipinski definition) is 3. The molecule has 1 aromatic carbocycles. The Labute approximate surface area is 151 Å². The summed E-state index contributed by atoms with van der Waals surface area (Å²) in [5, 5.41) is 0. The number of methoxy groups -OCH3 is 1. The van der Waals surface area contributed by atoms with Crippen LogP contribution in [0.2, 0.25) is 0 Å².